The Kier molecular flexibility index (Phi) is 2.41. The Labute approximate surface area is 91.7 Å². The summed E-state index contributed by atoms with van der Waals surface area (Å²) < 4.78 is 26.7. The van der Waals surface area contributed by atoms with Crippen molar-refractivity contribution < 1.29 is 8.42 Å². The van der Waals surface area contributed by atoms with Gasteiger partial charge in [0.25, 0.3) is 0 Å². The molecular weight excluding hydrogens is 266 g/mol. The van der Waals surface area contributed by atoms with Gasteiger partial charge in [0.2, 0.25) is 10.0 Å². The van der Waals surface area contributed by atoms with Crippen molar-refractivity contribution in [3.05, 3.63) is 28.2 Å². The summed E-state index contributed by atoms with van der Waals surface area (Å²) in [7, 11) is -3.26. The van der Waals surface area contributed by atoms with E-state index in [-0.39, 0.29) is 5.92 Å². The largest absolute Gasteiger partial charge is 0.240 e. The van der Waals surface area contributed by atoms with E-state index < -0.39 is 10.0 Å². The molecule has 0 spiro atoms. The molecule has 1 heterocycles. The topological polar surface area (TPSA) is 46.2 Å². The molecule has 1 aliphatic rings. The number of nitrogens with one attached hydrogen (secondary N) is 1. The lowest BCUT2D eigenvalue weighted by Crippen LogP contribution is -2.33. The van der Waals surface area contributed by atoms with Crippen LogP contribution in [0.3, 0.4) is 0 Å². The van der Waals surface area contributed by atoms with Crippen LogP contribution >= 0.6 is 15.9 Å². The van der Waals surface area contributed by atoms with Gasteiger partial charge >= 0.3 is 0 Å². The SMILES string of the molecule is CC1CNS(=O)(=O)c2ccc(Br)cc21. The molecule has 0 aliphatic carbocycles. The van der Waals surface area contributed by atoms with E-state index in [1.54, 1.807) is 12.1 Å². The molecule has 0 saturated heterocycles. The first-order chi connectivity index (χ1) is 6.50. The third kappa shape index (κ3) is 1.60. The summed E-state index contributed by atoms with van der Waals surface area (Å²) in [5.41, 5.74) is 0.887. The highest BCUT2D eigenvalue weighted by molar-refractivity contribution is 9.10. The fourth-order valence-corrected chi connectivity index (χ4v) is 3.39. The average Bonchev–Trinajstić information content (AvgIpc) is 2.12. The quantitative estimate of drug-likeness (QED) is 0.786. The van der Waals surface area contributed by atoms with Crippen LogP contribution in [0.4, 0.5) is 0 Å². The van der Waals surface area contributed by atoms with Gasteiger partial charge in [-0.2, -0.15) is 0 Å². The number of rotatable bonds is 0. The molecular formula is C9H10BrNO2S. The summed E-state index contributed by atoms with van der Waals surface area (Å²) in [6.07, 6.45) is 0. The molecule has 1 N–H and O–H groups in total. The van der Waals surface area contributed by atoms with E-state index >= 15 is 0 Å². The Bertz CT molecular complexity index is 470. The van der Waals surface area contributed by atoms with Gasteiger partial charge in [0.15, 0.2) is 0 Å². The number of halogens is 1. The predicted octanol–water partition coefficient (Wildman–Crippen LogP) is 1.84. The van der Waals surface area contributed by atoms with Crippen molar-refractivity contribution in [3.63, 3.8) is 0 Å². The molecule has 1 aromatic rings. The van der Waals surface area contributed by atoms with Gasteiger partial charge in [-0.25, -0.2) is 13.1 Å². The average molecular weight is 276 g/mol. The lowest BCUT2D eigenvalue weighted by molar-refractivity contribution is 0.559. The van der Waals surface area contributed by atoms with Gasteiger partial charge < -0.3 is 0 Å². The molecule has 1 aromatic carbocycles. The Morgan fingerprint density at radius 2 is 2.21 bits per heavy atom. The molecule has 1 unspecified atom stereocenters. The van der Waals surface area contributed by atoms with Crippen LogP contribution < -0.4 is 4.72 Å². The summed E-state index contributed by atoms with van der Waals surface area (Å²) in [6.45, 7) is 2.48. The molecule has 0 radical (unpaired) electrons. The number of hydrogen-bond donors (Lipinski definition) is 1. The molecule has 0 bridgehead atoms. The van der Waals surface area contributed by atoms with Gasteiger partial charge in [0.05, 0.1) is 4.90 Å². The van der Waals surface area contributed by atoms with Crippen molar-refractivity contribution in [2.24, 2.45) is 0 Å². The standard InChI is InChI=1S/C9H10BrNO2S/c1-6-5-11-14(12,13)9-3-2-7(10)4-8(6)9/h2-4,6,11H,5H2,1H3. The Balaban J connectivity index is 2.69. The van der Waals surface area contributed by atoms with Crippen molar-refractivity contribution in [1.82, 2.24) is 4.72 Å². The van der Waals surface area contributed by atoms with Gasteiger partial charge in [-0.15, -0.1) is 0 Å². The fourth-order valence-electron chi connectivity index (χ4n) is 1.57. The molecule has 0 amide bonds. The first-order valence-electron chi connectivity index (χ1n) is 4.30. The van der Waals surface area contributed by atoms with Crippen LogP contribution in [-0.4, -0.2) is 15.0 Å². The van der Waals surface area contributed by atoms with Crippen molar-refractivity contribution in [3.8, 4) is 0 Å². The van der Waals surface area contributed by atoms with E-state index in [0.717, 1.165) is 10.0 Å². The summed E-state index contributed by atoms with van der Waals surface area (Å²) in [5.74, 6) is 0.228. The van der Waals surface area contributed by atoms with Crippen LogP contribution in [0.25, 0.3) is 0 Å². The van der Waals surface area contributed by atoms with Crippen LogP contribution in [0.2, 0.25) is 0 Å². The molecule has 3 nitrogen and oxygen atoms in total. The van der Waals surface area contributed by atoms with E-state index in [1.165, 1.54) is 0 Å². The Morgan fingerprint density at radius 3 is 2.93 bits per heavy atom. The maximum Gasteiger partial charge on any atom is 0.240 e. The van der Waals surface area contributed by atoms with Crippen LogP contribution in [-0.2, 0) is 10.0 Å². The minimum atomic E-state index is -3.26. The number of fused-ring (bicyclic) bond motifs is 1. The van der Waals surface area contributed by atoms with Crippen molar-refractivity contribution in [2.45, 2.75) is 17.7 Å². The van der Waals surface area contributed by atoms with Gasteiger partial charge in [-0.1, -0.05) is 22.9 Å². The Hall–Kier alpha value is -0.390. The van der Waals surface area contributed by atoms with Crippen molar-refractivity contribution in [1.29, 1.82) is 0 Å². The van der Waals surface area contributed by atoms with Crippen LogP contribution in [0.1, 0.15) is 18.4 Å². The lowest BCUT2D eigenvalue weighted by Gasteiger charge is -2.23. The summed E-state index contributed by atoms with van der Waals surface area (Å²) in [6, 6.07) is 5.26. The lowest BCUT2D eigenvalue weighted by atomic mass is 10.0. The smallest absolute Gasteiger partial charge is 0.211 e. The second-order valence-corrected chi connectivity index (χ2v) is 6.09. The van der Waals surface area contributed by atoms with Crippen LogP contribution in [0.5, 0.6) is 0 Å². The van der Waals surface area contributed by atoms with E-state index in [0.29, 0.717) is 11.4 Å². The predicted molar refractivity (Wildman–Crippen MR) is 57.7 cm³/mol. The maximum absolute atomic E-state index is 11.6. The summed E-state index contributed by atoms with van der Waals surface area (Å²) >= 11 is 3.34. The van der Waals surface area contributed by atoms with E-state index in [4.69, 9.17) is 0 Å². The van der Waals surface area contributed by atoms with Crippen LogP contribution in [0, 0.1) is 0 Å². The normalized spacial score (nSPS) is 24.3. The van der Waals surface area contributed by atoms with Crippen LogP contribution in [0.15, 0.2) is 27.6 Å². The second-order valence-electron chi connectivity index (χ2n) is 3.44. The third-order valence-corrected chi connectivity index (χ3v) is 4.36. The van der Waals surface area contributed by atoms with E-state index in [1.807, 2.05) is 13.0 Å². The third-order valence-electron chi connectivity index (χ3n) is 2.37. The van der Waals surface area contributed by atoms with E-state index in [9.17, 15) is 8.42 Å². The summed E-state index contributed by atoms with van der Waals surface area (Å²) in [4.78, 5) is 0.402. The Morgan fingerprint density at radius 1 is 1.50 bits per heavy atom. The van der Waals surface area contributed by atoms with Crippen molar-refractivity contribution >= 4 is 26.0 Å². The molecule has 2 rings (SSSR count). The summed E-state index contributed by atoms with van der Waals surface area (Å²) in [5, 5.41) is 0. The number of hydrogen-bond acceptors (Lipinski definition) is 2. The molecule has 14 heavy (non-hydrogen) atoms. The fraction of sp³-hybridized carbons (Fsp3) is 0.333. The second kappa shape index (κ2) is 3.32. The minimum absolute atomic E-state index is 0.228. The highest BCUT2D eigenvalue weighted by atomic mass is 79.9. The van der Waals surface area contributed by atoms with Gasteiger partial charge in [0.1, 0.15) is 0 Å². The minimum Gasteiger partial charge on any atom is -0.211 e. The molecule has 1 atom stereocenters. The van der Waals surface area contributed by atoms with Gasteiger partial charge in [0, 0.05) is 11.0 Å². The van der Waals surface area contributed by atoms with E-state index in [2.05, 4.69) is 20.7 Å². The zero-order valence-electron chi connectivity index (χ0n) is 7.62. The number of benzene rings is 1. The molecule has 0 saturated carbocycles. The zero-order chi connectivity index (χ0) is 10.3. The molecule has 1 aliphatic heterocycles. The highest BCUT2D eigenvalue weighted by Crippen LogP contribution is 2.30. The highest BCUT2D eigenvalue weighted by Gasteiger charge is 2.27. The molecule has 0 fully saturated rings. The molecule has 76 valence electrons. The molecule has 0 aromatic heterocycles. The number of sulfonamides is 1. The van der Waals surface area contributed by atoms with Gasteiger partial charge in [-0.05, 0) is 29.7 Å². The first-order valence-corrected chi connectivity index (χ1v) is 6.57. The monoisotopic (exact) mass is 275 g/mol. The first kappa shape index (κ1) is 10.1. The zero-order valence-corrected chi connectivity index (χ0v) is 10.0. The maximum atomic E-state index is 11.6. The molecule has 5 heteroatoms. The van der Waals surface area contributed by atoms with Crippen molar-refractivity contribution in [2.75, 3.05) is 6.54 Å². The van der Waals surface area contributed by atoms with Gasteiger partial charge in [-0.3, -0.25) is 0 Å².